The van der Waals surface area contributed by atoms with E-state index >= 15 is 0 Å². The zero-order valence-corrected chi connectivity index (χ0v) is 13.5. The number of hydrogen-bond donors (Lipinski definition) is 1. The molecule has 0 aliphatic heterocycles. The lowest BCUT2D eigenvalue weighted by molar-refractivity contribution is -0.125. The Labute approximate surface area is 137 Å². The summed E-state index contributed by atoms with van der Waals surface area (Å²) in [6, 6.07) is 10.8. The van der Waals surface area contributed by atoms with E-state index in [2.05, 4.69) is 11.9 Å². The second kappa shape index (κ2) is 7.20. The molecule has 0 bridgehead atoms. The zero-order valence-electron chi connectivity index (χ0n) is 11.9. The van der Waals surface area contributed by atoms with Crippen LogP contribution in [0.25, 0.3) is 11.6 Å². The lowest BCUT2D eigenvalue weighted by atomic mass is 10.1. The van der Waals surface area contributed by atoms with Gasteiger partial charge in [0, 0.05) is 15.5 Å². The van der Waals surface area contributed by atoms with Crippen molar-refractivity contribution in [1.29, 1.82) is 0 Å². The van der Waals surface area contributed by atoms with E-state index in [4.69, 9.17) is 11.6 Å². The Morgan fingerprint density at radius 1 is 1.18 bits per heavy atom. The molecular weight excluding hydrogens is 318 g/mol. The highest BCUT2D eigenvalue weighted by atomic mass is 35.5. The summed E-state index contributed by atoms with van der Waals surface area (Å²) in [6.45, 7) is 5.08. The molecule has 22 heavy (non-hydrogen) atoms. The Balaban J connectivity index is 2.35. The molecule has 1 heterocycles. The second-order valence-corrected chi connectivity index (χ2v) is 6.03. The average Bonchev–Trinajstić information content (AvgIpc) is 3.00. The first-order valence-corrected chi connectivity index (χ1v) is 7.75. The highest BCUT2D eigenvalue weighted by Crippen LogP contribution is 2.24. The Morgan fingerprint density at radius 2 is 1.86 bits per heavy atom. The molecular formula is C17H14ClNO2S. The van der Waals surface area contributed by atoms with Crippen LogP contribution < -0.4 is 5.32 Å². The molecule has 2 aromatic rings. The van der Waals surface area contributed by atoms with Gasteiger partial charge in [-0.05, 0) is 42.1 Å². The number of thiophene rings is 1. The molecule has 0 atom stereocenters. The molecule has 3 nitrogen and oxygen atoms in total. The van der Waals surface area contributed by atoms with Gasteiger partial charge in [0.05, 0.1) is 5.57 Å². The molecule has 0 aliphatic rings. The molecule has 1 N–H and O–H groups in total. The number of carbonyl (C=O) groups is 2. The summed E-state index contributed by atoms with van der Waals surface area (Å²) >= 11 is 7.29. The average molecular weight is 332 g/mol. The van der Waals surface area contributed by atoms with Crippen LogP contribution >= 0.6 is 22.9 Å². The first-order chi connectivity index (χ1) is 10.5. The first kappa shape index (κ1) is 16.2. The van der Waals surface area contributed by atoms with Crippen LogP contribution in [0.15, 0.2) is 53.9 Å². The molecule has 5 heteroatoms. The van der Waals surface area contributed by atoms with Gasteiger partial charge in [0.1, 0.15) is 0 Å². The van der Waals surface area contributed by atoms with E-state index < -0.39 is 11.8 Å². The number of imide groups is 1. The van der Waals surface area contributed by atoms with E-state index in [0.717, 1.165) is 10.4 Å². The van der Waals surface area contributed by atoms with Crippen molar-refractivity contribution in [2.45, 2.75) is 6.92 Å². The largest absolute Gasteiger partial charge is 0.288 e. The number of halogens is 1. The predicted octanol–water partition coefficient (Wildman–Crippen LogP) is 4.16. The van der Waals surface area contributed by atoms with E-state index in [0.29, 0.717) is 10.6 Å². The molecule has 1 aromatic carbocycles. The van der Waals surface area contributed by atoms with E-state index in [-0.39, 0.29) is 5.57 Å². The Hall–Kier alpha value is -2.17. The maximum atomic E-state index is 12.4. The summed E-state index contributed by atoms with van der Waals surface area (Å²) in [6.07, 6.45) is 1.73. The van der Waals surface area contributed by atoms with Gasteiger partial charge in [-0.25, -0.2) is 0 Å². The summed E-state index contributed by atoms with van der Waals surface area (Å²) in [5.74, 6) is -0.936. The molecule has 0 aliphatic carbocycles. The van der Waals surface area contributed by atoms with Crippen molar-refractivity contribution < 1.29 is 9.59 Å². The van der Waals surface area contributed by atoms with Crippen LogP contribution in [-0.4, -0.2) is 11.8 Å². The normalized spacial score (nSPS) is 11.1. The minimum atomic E-state index is -0.483. The fraction of sp³-hybridized carbons (Fsp3) is 0.0588. The third-order valence-electron chi connectivity index (χ3n) is 2.83. The van der Waals surface area contributed by atoms with Crippen molar-refractivity contribution in [3.63, 3.8) is 0 Å². The summed E-state index contributed by atoms with van der Waals surface area (Å²) < 4.78 is 0. The van der Waals surface area contributed by atoms with Gasteiger partial charge < -0.3 is 0 Å². The lowest BCUT2D eigenvalue weighted by Gasteiger charge is -2.07. The molecule has 0 fully saturated rings. The lowest BCUT2D eigenvalue weighted by Crippen LogP contribution is -2.31. The maximum absolute atomic E-state index is 12.4. The van der Waals surface area contributed by atoms with Crippen LogP contribution in [-0.2, 0) is 9.59 Å². The number of rotatable bonds is 4. The number of hydrogen-bond acceptors (Lipinski definition) is 3. The Bertz CT molecular complexity index is 731. The van der Waals surface area contributed by atoms with Crippen molar-refractivity contribution in [3.05, 3.63) is 69.4 Å². The molecule has 1 aromatic heterocycles. The van der Waals surface area contributed by atoms with Gasteiger partial charge >= 0.3 is 0 Å². The fourth-order valence-electron chi connectivity index (χ4n) is 1.68. The molecule has 0 unspecified atom stereocenters. The van der Waals surface area contributed by atoms with Crippen molar-refractivity contribution in [2.24, 2.45) is 0 Å². The predicted molar refractivity (Wildman–Crippen MR) is 91.6 cm³/mol. The van der Waals surface area contributed by atoms with Gasteiger partial charge in [-0.1, -0.05) is 36.4 Å². The van der Waals surface area contributed by atoms with Gasteiger partial charge in [-0.3, -0.25) is 14.9 Å². The highest BCUT2D eigenvalue weighted by Gasteiger charge is 2.16. The Kier molecular flexibility index (Phi) is 5.31. The standard InChI is InChI=1S/C17H14ClNO2S/c1-11(2)16(20)19-17(21)14(15-4-3-9-22-15)10-12-5-7-13(18)8-6-12/h3-10H,1H2,2H3,(H,19,20,21)/b14-10+. The maximum Gasteiger partial charge on any atom is 0.259 e. The van der Waals surface area contributed by atoms with Crippen LogP contribution in [0, 0.1) is 0 Å². The summed E-state index contributed by atoms with van der Waals surface area (Å²) in [5, 5.41) is 4.83. The molecule has 0 saturated heterocycles. The van der Waals surface area contributed by atoms with E-state index in [1.165, 1.54) is 11.3 Å². The second-order valence-electron chi connectivity index (χ2n) is 4.65. The monoisotopic (exact) mass is 331 g/mol. The SMILES string of the molecule is C=C(C)C(=O)NC(=O)/C(=C/c1ccc(Cl)cc1)c1cccs1. The topological polar surface area (TPSA) is 46.2 Å². The van der Waals surface area contributed by atoms with Crippen molar-refractivity contribution in [1.82, 2.24) is 5.32 Å². The summed E-state index contributed by atoms with van der Waals surface area (Å²) in [5.41, 5.74) is 1.53. The number of nitrogens with one attached hydrogen (secondary N) is 1. The molecule has 2 rings (SSSR count). The van der Waals surface area contributed by atoms with Crippen LogP contribution in [0.3, 0.4) is 0 Å². The van der Waals surface area contributed by atoms with Crippen LogP contribution in [0.4, 0.5) is 0 Å². The molecule has 112 valence electrons. The smallest absolute Gasteiger partial charge is 0.259 e. The van der Waals surface area contributed by atoms with Crippen molar-refractivity contribution in [2.75, 3.05) is 0 Å². The molecule has 2 amide bonds. The molecule has 0 spiro atoms. The van der Waals surface area contributed by atoms with Gasteiger partial charge in [-0.2, -0.15) is 0 Å². The first-order valence-electron chi connectivity index (χ1n) is 6.49. The summed E-state index contributed by atoms with van der Waals surface area (Å²) in [4.78, 5) is 24.8. The van der Waals surface area contributed by atoms with Crippen LogP contribution in [0.1, 0.15) is 17.4 Å². The van der Waals surface area contributed by atoms with Gasteiger partial charge in [0.15, 0.2) is 0 Å². The number of benzene rings is 1. The van der Waals surface area contributed by atoms with Gasteiger partial charge in [-0.15, -0.1) is 11.3 Å². The molecule has 0 saturated carbocycles. The third kappa shape index (κ3) is 4.16. The third-order valence-corrected chi connectivity index (χ3v) is 3.98. The minimum absolute atomic E-state index is 0.283. The van der Waals surface area contributed by atoms with Crippen molar-refractivity contribution in [3.8, 4) is 0 Å². The Morgan fingerprint density at radius 3 is 2.41 bits per heavy atom. The van der Waals surface area contributed by atoms with E-state index in [1.807, 2.05) is 29.6 Å². The number of amides is 2. The quantitative estimate of drug-likeness (QED) is 0.855. The van der Waals surface area contributed by atoms with Gasteiger partial charge in [0.2, 0.25) is 0 Å². The van der Waals surface area contributed by atoms with E-state index in [1.54, 1.807) is 25.1 Å². The summed E-state index contributed by atoms with van der Waals surface area (Å²) in [7, 11) is 0. The zero-order chi connectivity index (χ0) is 16.1. The molecule has 0 radical (unpaired) electrons. The van der Waals surface area contributed by atoms with Crippen LogP contribution in [0.5, 0.6) is 0 Å². The highest BCUT2D eigenvalue weighted by molar-refractivity contribution is 7.11. The number of carbonyl (C=O) groups excluding carboxylic acids is 2. The fourth-order valence-corrected chi connectivity index (χ4v) is 2.55. The van der Waals surface area contributed by atoms with Crippen LogP contribution in [0.2, 0.25) is 5.02 Å². The van der Waals surface area contributed by atoms with E-state index in [9.17, 15) is 9.59 Å². The van der Waals surface area contributed by atoms with Crippen molar-refractivity contribution >= 4 is 46.4 Å². The van der Waals surface area contributed by atoms with Gasteiger partial charge in [0.25, 0.3) is 11.8 Å². The minimum Gasteiger partial charge on any atom is -0.288 e.